The normalized spacial score (nSPS) is 13.4. The highest BCUT2D eigenvalue weighted by atomic mass is 127. The van der Waals surface area contributed by atoms with Crippen LogP contribution < -0.4 is 10.6 Å². The Bertz CT molecular complexity index is 815. The number of carbonyl (C=O) groups excluding carboxylic acids is 2. The first-order valence-electron chi connectivity index (χ1n) is 8.61. The first-order valence-corrected chi connectivity index (χ1v) is 9.43. The standard InChI is InChI=1S/C19H22N4O2S.HI/c1-3-13-8-9-14(26-13)12-22-19(20-2)21-10-11-23-17(24)15-6-4-5-7-16(15)18(23)25;/h4-9H,3,10-12H2,1-2H3,(H2,20,21,22);1H. The Morgan fingerprint density at radius 2 is 1.67 bits per heavy atom. The second-order valence-electron chi connectivity index (χ2n) is 5.88. The number of guanidine groups is 1. The number of halogens is 1. The Kier molecular flexibility index (Phi) is 7.78. The van der Waals surface area contributed by atoms with E-state index >= 15 is 0 Å². The molecule has 27 heavy (non-hydrogen) atoms. The largest absolute Gasteiger partial charge is 0.355 e. The van der Waals surface area contributed by atoms with Crippen LogP contribution in [0.2, 0.25) is 0 Å². The molecule has 1 aliphatic rings. The number of aliphatic imine (C=N–C) groups is 1. The van der Waals surface area contributed by atoms with Crippen LogP contribution in [0.1, 0.15) is 37.4 Å². The van der Waals surface area contributed by atoms with Gasteiger partial charge in [0.05, 0.1) is 17.7 Å². The number of hydrogen-bond acceptors (Lipinski definition) is 4. The fourth-order valence-corrected chi connectivity index (χ4v) is 3.72. The van der Waals surface area contributed by atoms with Crippen molar-refractivity contribution in [2.24, 2.45) is 4.99 Å². The van der Waals surface area contributed by atoms with Gasteiger partial charge in [0.2, 0.25) is 0 Å². The van der Waals surface area contributed by atoms with Crippen LogP contribution in [-0.4, -0.2) is 42.8 Å². The highest BCUT2D eigenvalue weighted by Crippen LogP contribution is 2.21. The van der Waals surface area contributed by atoms with Gasteiger partial charge in [0.25, 0.3) is 11.8 Å². The number of fused-ring (bicyclic) bond motifs is 1. The van der Waals surface area contributed by atoms with Crippen LogP contribution in [0.15, 0.2) is 41.4 Å². The van der Waals surface area contributed by atoms with Gasteiger partial charge >= 0.3 is 0 Å². The first kappa shape index (κ1) is 21.4. The minimum Gasteiger partial charge on any atom is -0.355 e. The third-order valence-electron chi connectivity index (χ3n) is 4.23. The van der Waals surface area contributed by atoms with Crippen molar-refractivity contribution < 1.29 is 9.59 Å². The number of hydrogen-bond donors (Lipinski definition) is 2. The summed E-state index contributed by atoms with van der Waals surface area (Å²) in [5.41, 5.74) is 0.953. The molecule has 0 fully saturated rings. The van der Waals surface area contributed by atoms with E-state index in [4.69, 9.17) is 0 Å². The summed E-state index contributed by atoms with van der Waals surface area (Å²) in [5, 5.41) is 6.40. The van der Waals surface area contributed by atoms with Crippen LogP contribution in [0.4, 0.5) is 0 Å². The van der Waals surface area contributed by atoms with Gasteiger partial charge in [-0.3, -0.25) is 19.5 Å². The summed E-state index contributed by atoms with van der Waals surface area (Å²) in [4.78, 5) is 32.7. The molecule has 0 saturated heterocycles. The molecule has 0 atom stereocenters. The van der Waals surface area contributed by atoms with Gasteiger partial charge in [-0.25, -0.2) is 0 Å². The predicted octanol–water partition coefficient (Wildman–Crippen LogP) is 2.89. The molecule has 1 aliphatic heterocycles. The zero-order valence-electron chi connectivity index (χ0n) is 15.3. The predicted molar refractivity (Wildman–Crippen MR) is 119 cm³/mol. The van der Waals surface area contributed by atoms with Crippen molar-refractivity contribution in [3.63, 3.8) is 0 Å². The van der Waals surface area contributed by atoms with Crippen LogP contribution in [-0.2, 0) is 13.0 Å². The van der Waals surface area contributed by atoms with Crippen molar-refractivity contribution in [3.8, 4) is 0 Å². The molecule has 0 bridgehead atoms. The number of carbonyl (C=O) groups is 2. The number of aryl methyl sites for hydroxylation is 1. The first-order chi connectivity index (χ1) is 12.6. The molecule has 8 heteroatoms. The van der Waals surface area contributed by atoms with Crippen LogP contribution in [0.25, 0.3) is 0 Å². The van der Waals surface area contributed by atoms with Crippen molar-refractivity contribution in [2.45, 2.75) is 19.9 Å². The highest BCUT2D eigenvalue weighted by Gasteiger charge is 2.34. The fourth-order valence-electron chi connectivity index (χ4n) is 2.83. The van der Waals surface area contributed by atoms with Gasteiger partial charge in [-0.15, -0.1) is 35.3 Å². The number of nitrogens with zero attached hydrogens (tertiary/aromatic N) is 2. The molecule has 0 saturated carbocycles. The lowest BCUT2D eigenvalue weighted by molar-refractivity contribution is 0.0657. The second-order valence-corrected chi connectivity index (χ2v) is 7.13. The zero-order valence-corrected chi connectivity index (χ0v) is 18.5. The van der Waals surface area contributed by atoms with Gasteiger partial charge in [-0.1, -0.05) is 19.1 Å². The van der Waals surface area contributed by atoms with E-state index in [-0.39, 0.29) is 35.8 Å². The molecule has 2 N–H and O–H groups in total. The molecule has 2 aromatic rings. The van der Waals surface area contributed by atoms with Crippen molar-refractivity contribution in [1.29, 1.82) is 0 Å². The van der Waals surface area contributed by atoms with Crippen LogP contribution >= 0.6 is 35.3 Å². The van der Waals surface area contributed by atoms with E-state index in [0.717, 1.165) is 6.42 Å². The number of benzene rings is 1. The minimum atomic E-state index is -0.235. The molecule has 1 aromatic carbocycles. The van der Waals surface area contributed by atoms with E-state index in [1.165, 1.54) is 14.7 Å². The van der Waals surface area contributed by atoms with Gasteiger partial charge in [-0.05, 0) is 30.7 Å². The number of nitrogens with one attached hydrogen (secondary N) is 2. The lowest BCUT2D eigenvalue weighted by Gasteiger charge is -2.16. The van der Waals surface area contributed by atoms with Crippen LogP contribution in [0, 0.1) is 0 Å². The van der Waals surface area contributed by atoms with Crippen molar-refractivity contribution in [3.05, 3.63) is 57.3 Å². The molecular weight excluding hydrogens is 475 g/mol. The van der Waals surface area contributed by atoms with Gasteiger partial charge in [0, 0.05) is 29.9 Å². The summed E-state index contributed by atoms with van der Waals surface area (Å²) >= 11 is 1.78. The summed E-state index contributed by atoms with van der Waals surface area (Å²) < 4.78 is 0. The molecule has 144 valence electrons. The average Bonchev–Trinajstić information content (AvgIpc) is 3.23. The maximum atomic E-state index is 12.3. The van der Waals surface area contributed by atoms with Crippen LogP contribution in [0.5, 0.6) is 0 Å². The molecule has 2 amide bonds. The smallest absolute Gasteiger partial charge is 0.261 e. The monoisotopic (exact) mass is 498 g/mol. The zero-order chi connectivity index (χ0) is 18.5. The van der Waals surface area contributed by atoms with Gasteiger partial charge in [0.15, 0.2) is 5.96 Å². The molecule has 3 rings (SSSR count). The van der Waals surface area contributed by atoms with Crippen molar-refractivity contribution in [2.75, 3.05) is 20.1 Å². The molecule has 0 aliphatic carbocycles. The number of rotatable bonds is 6. The van der Waals surface area contributed by atoms with E-state index in [1.807, 2.05) is 0 Å². The summed E-state index contributed by atoms with van der Waals surface area (Å²) in [5.74, 6) is 0.176. The van der Waals surface area contributed by atoms with Crippen LogP contribution in [0.3, 0.4) is 0 Å². The Balaban J connectivity index is 0.00000261. The summed E-state index contributed by atoms with van der Waals surface area (Å²) in [7, 11) is 1.70. The molecule has 1 aromatic heterocycles. The number of thiophene rings is 1. The Morgan fingerprint density at radius 1 is 1.04 bits per heavy atom. The molecule has 0 unspecified atom stereocenters. The van der Waals surface area contributed by atoms with Gasteiger partial charge in [-0.2, -0.15) is 0 Å². The lowest BCUT2D eigenvalue weighted by Crippen LogP contribution is -2.42. The average molecular weight is 498 g/mol. The quantitative estimate of drug-likeness (QED) is 0.278. The highest BCUT2D eigenvalue weighted by molar-refractivity contribution is 14.0. The van der Waals surface area contributed by atoms with E-state index < -0.39 is 0 Å². The Morgan fingerprint density at radius 3 is 2.22 bits per heavy atom. The van der Waals surface area contributed by atoms with E-state index in [0.29, 0.717) is 36.7 Å². The maximum Gasteiger partial charge on any atom is 0.261 e. The topological polar surface area (TPSA) is 73.8 Å². The maximum absolute atomic E-state index is 12.3. The summed E-state index contributed by atoms with van der Waals surface area (Å²) in [6.45, 7) is 3.57. The lowest BCUT2D eigenvalue weighted by atomic mass is 10.1. The molecule has 2 heterocycles. The Labute approximate surface area is 180 Å². The van der Waals surface area contributed by atoms with Gasteiger partial charge in [0.1, 0.15) is 0 Å². The fraction of sp³-hybridized carbons (Fsp3) is 0.316. The van der Waals surface area contributed by atoms with E-state index in [9.17, 15) is 9.59 Å². The van der Waals surface area contributed by atoms with Crippen molar-refractivity contribution in [1.82, 2.24) is 15.5 Å². The SMILES string of the molecule is CCc1ccc(CNC(=NC)NCCN2C(=O)c3ccccc3C2=O)s1.I. The second kappa shape index (κ2) is 9.84. The van der Waals surface area contributed by atoms with Crippen molar-refractivity contribution >= 4 is 53.1 Å². The molecular formula is C19H23IN4O2S. The molecule has 6 nitrogen and oxygen atoms in total. The van der Waals surface area contributed by atoms with Gasteiger partial charge < -0.3 is 10.6 Å². The summed E-state index contributed by atoms with van der Waals surface area (Å²) in [6.07, 6.45) is 1.04. The van der Waals surface area contributed by atoms with E-state index in [1.54, 1.807) is 42.6 Å². The molecule has 0 radical (unpaired) electrons. The third kappa shape index (κ3) is 4.86. The van der Waals surface area contributed by atoms with E-state index in [2.05, 4.69) is 34.7 Å². The number of imide groups is 1. The third-order valence-corrected chi connectivity index (χ3v) is 5.46. The minimum absolute atomic E-state index is 0. The molecule has 0 spiro atoms. The Hall–Kier alpha value is -1.94. The number of amides is 2. The summed E-state index contributed by atoms with van der Waals surface area (Å²) in [6, 6.07) is 11.2.